The highest BCUT2D eigenvalue weighted by atomic mass is 19.1. The van der Waals surface area contributed by atoms with Crippen LogP contribution in [0.15, 0.2) is 6.20 Å². The first kappa shape index (κ1) is 21.7. The first-order valence-electron chi connectivity index (χ1n) is 8.90. The summed E-state index contributed by atoms with van der Waals surface area (Å²) in [7, 11) is 0.500. The Morgan fingerprint density at radius 2 is 1.69 bits per heavy atom. The quantitative estimate of drug-likeness (QED) is 0.764. The van der Waals surface area contributed by atoms with Gasteiger partial charge < -0.3 is 5.32 Å². The van der Waals surface area contributed by atoms with Crippen molar-refractivity contribution in [3.05, 3.63) is 11.9 Å². The van der Waals surface area contributed by atoms with E-state index in [2.05, 4.69) is 15.6 Å². The van der Waals surface area contributed by atoms with Crippen molar-refractivity contribution in [1.29, 1.82) is 0 Å². The Hall–Kier alpha value is -2.32. The first-order valence-corrected chi connectivity index (χ1v) is 8.90. The molecule has 146 valence electrons. The molecule has 1 N–H and O–H groups in total. The second-order valence-corrected chi connectivity index (χ2v) is 6.08. The Kier molecular flexibility index (Phi) is 10.1. The summed E-state index contributed by atoms with van der Waals surface area (Å²) in [5, 5.41) is 10.4. The van der Waals surface area contributed by atoms with E-state index >= 15 is 0 Å². The van der Waals surface area contributed by atoms with Crippen LogP contribution in [-0.2, 0) is 20.9 Å². The number of alkyl halides is 1. The van der Waals surface area contributed by atoms with Crippen LogP contribution in [0.5, 0.6) is 0 Å². The number of hydrogen-bond acceptors (Lipinski definition) is 5. The molecule has 0 bridgehead atoms. The van der Waals surface area contributed by atoms with Crippen molar-refractivity contribution in [1.82, 2.24) is 25.2 Å². The number of aryl methyl sites for hydroxylation is 1. The molecule has 0 radical (unpaired) electrons. The average Bonchev–Trinajstić information content (AvgIpc) is 3.12. The molecule has 1 aromatic rings. The minimum Gasteiger partial charge on any atom is -0.354 e. The van der Waals surface area contributed by atoms with E-state index in [0.29, 0.717) is 20.3 Å². The van der Waals surface area contributed by atoms with Crippen LogP contribution < -0.4 is 5.32 Å². The molecule has 0 spiro atoms. The van der Waals surface area contributed by atoms with Crippen LogP contribution in [0.3, 0.4) is 0 Å². The molecule has 1 aliphatic heterocycles. The Morgan fingerprint density at radius 1 is 1.12 bits per heavy atom. The minimum absolute atomic E-state index is 0.133. The molecule has 1 aromatic heterocycles. The van der Waals surface area contributed by atoms with Gasteiger partial charge in [-0.25, -0.2) is 0 Å². The van der Waals surface area contributed by atoms with Crippen molar-refractivity contribution >= 4 is 17.7 Å². The monoisotopic (exact) mass is 369 g/mol. The highest BCUT2D eigenvalue weighted by Crippen LogP contribution is 2.15. The van der Waals surface area contributed by atoms with Gasteiger partial charge in [-0.3, -0.25) is 28.4 Å². The maximum Gasteiger partial charge on any atom is 0.229 e. The molecular weight excluding hydrogens is 341 g/mol. The number of halogens is 1. The zero-order chi connectivity index (χ0) is 19.4. The van der Waals surface area contributed by atoms with Gasteiger partial charge in [0.1, 0.15) is 0 Å². The van der Waals surface area contributed by atoms with Gasteiger partial charge in [0, 0.05) is 38.5 Å². The zero-order valence-electron chi connectivity index (χ0n) is 15.5. The molecule has 1 saturated heterocycles. The fourth-order valence-electron chi connectivity index (χ4n) is 2.24. The Morgan fingerprint density at radius 3 is 2.15 bits per heavy atom. The normalized spacial score (nSPS) is 15.4. The van der Waals surface area contributed by atoms with Gasteiger partial charge in [-0.05, 0) is 6.92 Å². The number of carbonyl (C=O) groups excluding carboxylic acids is 3. The Labute approximate surface area is 153 Å². The Bertz CT molecular complexity index is 567. The summed E-state index contributed by atoms with van der Waals surface area (Å²) in [6, 6.07) is 0. The standard InChI is InChI=1S/C12H17N5O3.C4H8.CH3F/c1-9-8-16(15-14-9)7-5-13-10(18)4-6-17-11(19)2-3-12(17)20;1-2-4-3-1;1-2/h8H,2-7H2,1H3,(H,13,18);1-4H2;1H3. The van der Waals surface area contributed by atoms with Crippen molar-refractivity contribution in [3.63, 3.8) is 0 Å². The van der Waals surface area contributed by atoms with Crippen LogP contribution in [0.1, 0.15) is 50.6 Å². The third-order valence-electron chi connectivity index (χ3n) is 4.03. The summed E-state index contributed by atoms with van der Waals surface area (Å²) in [6.45, 7) is 2.97. The third-order valence-corrected chi connectivity index (χ3v) is 4.03. The molecule has 2 fully saturated rings. The SMILES string of the molecule is C1CCC1.CF.Cc1cn(CCNC(=O)CCN2C(=O)CCC2=O)nn1. The van der Waals surface area contributed by atoms with Gasteiger partial charge in [0.2, 0.25) is 17.7 Å². The van der Waals surface area contributed by atoms with Crippen molar-refractivity contribution in [3.8, 4) is 0 Å². The number of likely N-dealkylation sites (tertiary alicyclic amines) is 1. The van der Waals surface area contributed by atoms with Gasteiger partial charge in [-0.15, -0.1) is 5.10 Å². The Balaban J connectivity index is 0.000000484. The number of aromatic nitrogens is 3. The number of hydrogen-bond donors (Lipinski definition) is 1. The molecule has 1 aliphatic carbocycles. The van der Waals surface area contributed by atoms with Gasteiger partial charge in [-0.2, -0.15) is 0 Å². The highest BCUT2D eigenvalue weighted by molar-refractivity contribution is 6.02. The number of nitrogens with one attached hydrogen (secondary N) is 1. The van der Waals surface area contributed by atoms with E-state index in [-0.39, 0.29) is 43.5 Å². The van der Waals surface area contributed by atoms with Gasteiger partial charge in [0.05, 0.1) is 19.4 Å². The van der Waals surface area contributed by atoms with Crippen LogP contribution in [0.4, 0.5) is 4.39 Å². The summed E-state index contributed by atoms with van der Waals surface area (Å²) in [5.74, 6) is -0.573. The molecule has 3 amide bonds. The lowest BCUT2D eigenvalue weighted by Crippen LogP contribution is -2.35. The van der Waals surface area contributed by atoms with E-state index in [4.69, 9.17) is 0 Å². The predicted octanol–water partition coefficient (Wildman–Crippen LogP) is 1.39. The topological polar surface area (TPSA) is 97.2 Å². The van der Waals surface area contributed by atoms with E-state index in [9.17, 15) is 18.8 Å². The summed E-state index contributed by atoms with van der Waals surface area (Å²) in [4.78, 5) is 35.5. The van der Waals surface area contributed by atoms with Crippen LogP contribution in [0.25, 0.3) is 0 Å². The largest absolute Gasteiger partial charge is 0.354 e. The van der Waals surface area contributed by atoms with Crippen molar-refractivity contribution in [2.75, 3.05) is 20.3 Å². The van der Waals surface area contributed by atoms with Crippen molar-refractivity contribution < 1.29 is 18.8 Å². The van der Waals surface area contributed by atoms with Gasteiger partial charge in [0.15, 0.2) is 0 Å². The maximum absolute atomic E-state index is 11.6. The molecule has 0 aromatic carbocycles. The molecular formula is C17H28FN5O3. The van der Waals surface area contributed by atoms with E-state index in [1.54, 1.807) is 10.9 Å². The number of nitrogens with zero attached hydrogens (tertiary/aromatic N) is 4. The van der Waals surface area contributed by atoms with E-state index in [1.165, 1.54) is 25.7 Å². The fourth-order valence-corrected chi connectivity index (χ4v) is 2.24. The van der Waals surface area contributed by atoms with E-state index in [1.807, 2.05) is 6.92 Å². The molecule has 3 rings (SSSR count). The van der Waals surface area contributed by atoms with Gasteiger partial charge in [0.25, 0.3) is 0 Å². The van der Waals surface area contributed by atoms with Crippen LogP contribution in [-0.4, -0.2) is 57.9 Å². The lowest BCUT2D eigenvalue weighted by molar-refractivity contribution is -0.138. The third kappa shape index (κ3) is 7.71. The predicted molar refractivity (Wildman–Crippen MR) is 93.8 cm³/mol. The van der Waals surface area contributed by atoms with Crippen LogP contribution >= 0.6 is 0 Å². The highest BCUT2D eigenvalue weighted by Gasteiger charge is 2.28. The molecule has 9 heteroatoms. The first-order chi connectivity index (χ1) is 12.6. The van der Waals surface area contributed by atoms with Crippen LogP contribution in [0.2, 0.25) is 0 Å². The number of imide groups is 1. The molecule has 0 atom stereocenters. The molecule has 2 heterocycles. The lowest BCUT2D eigenvalue weighted by atomic mass is 10.0. The molecule has 1 saturated carbocycles. The van der Waals surface area contributed by atoms with E-state index in [0.717, 1.165) is 10.6 Å². The summed E-state index contributed by atoms with van der Waals surface area (Å²) < 4.78 is 11.1. The summed E-state index contributed by atoms with van der Waals surface area (Å²) in [5.41, 5.74) is 0.822. The van der Waals surface area contributed by atoms with Gasteiger partial charge >= 0.3 is 0 Å². The average molecular weight is 369 g/mol. The van der Waals surface area contributed by atoms with Crippen LogP contribution in [0, 0.1) is 6.92 Å². The summed E-state index contributed by atoms with van der Waals surface area (Å²) in [6.07, 6.45) is 8.43. The second-order valence-electron chi connectivity index (χ2n) is 6.08. The van der Waals surface area contributed by atoms with Crippen molar-refractivity contribution in [2.24, 2.45) is 0 Å². The van der Waals surface area contributed by atoms with Crippen molar-refractivity contribution in [2.45, 2.75) is 58.4 Å². The number of rotatable bonds is 6. The number of carbonyl (C=O) groups is 3. The molecule has 8 nitrogen and oxygen atoms in total. The molecule has 2 aliphatic rings. The molecule has 26 heavy (non-hydrogen) atoms. The zero-order valence-corrected chi connectivity index (χ0v) is 15.5. The fraction of sp³-hybridized carbons (Fsp3) is 0.706. The maximum atomic E-state index is 11.6. The van der Waals surface area contributed by atoms with Gasteiger partial charge in [-0.1, -0.05) is 30.9 Å². The van der Waals surface area contributed by atoms with E-state index < -0.39 is 0 Å². The summed E-state index contributed by atoms with van der Waals surface area (Å²) >= 11 is 0. The minimum atomic E-state index is -0.194. The second kappa shape index (κ2) is 12.1. The smallest absolute Gasteiger partial charge is 0.229 e. The molecule has 0 unspecified atom stereocenters. The lowest BCUT2D eigenvalue weighted by Gasteiger charge is -2.13. The number of amides is 3.